The lowest BCUT2D eigenvalue weighted by Crippen LogP contribution is -2.37. The van der Waals surface area contributed by atoms with E-state index in [1.54, 1.807) is 0 Å². The van der Waals surface area contributed by atoms with Crippen LogP contribution in [0.25, 0.3) is 0 Å². The largest absolute Gasteiger partial charge is 0.472 e. The summed E-state index contributed by atoms with van der Waals surface area (Å²) in [6.07, 6.45) is 55.6. The first-order valence-corrected chi connectivity index (χ1v) is 30.3. The summed E-state index contributed by atoms with van der Waals surface area (Å²) in [5.74, 6) is -0.796. The summed E-state index contributed by atoms with van der Waals surface area (Å²) in [6.45, 7) is 4.38. The normalized spacial score (nSPS) is 13.2. The number of nitrogens with zero attached hydrogens (tertiary/aromatic N) is 1. The fourth-order valence-corrected chi connectivity index (χ4v) is 9.41. The number of likely N-dealkylation sites (N-methyl/N-ethyl adjacent to an activating group) is 1. The van der Waals surface area contributed by atoms with Crippen molar-refractivity contribution < 1.29 is 42.1 Å². The number of phosphoric ester groups is 1. The Morgan fingerprint density at radius 3 is 0.970 bits per heavy atom. The van der Waals surface area contributed by atoms with Gasteiger partial charge in [-0.1, -0.05) is 271 Å². The van der Waals surface area contributed by atoms with Crippen LogP contribution in [0.1, 0.15) is 296 Å². The summed E-state index contributed by atoms with van der Waals surface area (Å²) in [7, 11) is 1.49. The highest BCUT2D eigenvalue weighted by atomic mass is 31.2. The lowest BCUT2D eigenvalue weighted by atomic mass is 10.0. The molecular weight excluding hydrogens is 846 g/mol. The zero-order chi connectivity index (χ0) is 48.5. The van der Waals surface area contributed by atoms with Crippen LogP contribution in [-0.4, -0.2) is 74.9 Å². The van der Waals surface area contributed by atoms with Gasteiger partial charge < -0.3 is 18.9 Å². The predicted octanol–water partition coefficient (Wildman–Crippen LogP) is 17.5. The van der Waals surface area contributed by atoms with Crippen LogP contribution in [0.3, 0.4) is 0 Å². The van der Waals surface area contributed by atoms with Crippen molar-refractivity contribution in [3.05, 3.63) is 0 Å². The molecule has 0 saturated heterocycles. The number of rotatable bonds is 54. The van der Waals surface area contributed by atoms with Gasteiger partial charge in [-0.2, -0.15) is 0 Å². The number of ether oxygens (including phenoxy) is 2. The molecule has 0 heterocycles. The van der Waals surface area contributed by atoms with Crippen molar-refractivity contribution in [2.45, 2.75) is 302 Å². The molecule has 10 heteroatoms. The minimum absolute atomic E-state index is 0.0362. The smallest absolute Gasteiger partial charge is 0.462 e. The molecule has 0 saturated carbocycles. The maximum absolute atomic E-state index is 12.7. The molecule has 0 spiro atoms. The molecule has 2 unspecified atom stereocenters. The average molecular weight is 959 g/mol. The van der Waals surface area contributed by atoms with Crippen LogP contribution < -0.4 is 0 Å². The third-order valence-electron chi connectivity index (χ3n) is 13.1. The Bertz CT molecular complexity index is 1080. The van der Waals surface area contributed by atoms with Gasteiger partial charge in [0.05, 0.1) is 27.7 Å². The van der Waals surface area contributed by atoms with Gasteiger partial charge in [0.25, 0.3) is 0 Å². The second kappa shape index (κ2) is 49.0. The van der Waals surface area contributed by atoms with Crippen molar-refractivity contribution in [1.29, 1.82) is 0 Å². The fraction of sp³-hybridized carbons (Fsp3) is 0.964. The summed E-state index contributed by atoms with van der Waals surface area (Å²) in [6, 6.07) is 0. The molecule has 0 aliphatic heterocycles. The van der Waals surface area contributed by atoms with E-state index in [1.807, 2.05) is 21.1 Å². The molecular formula is C56H113NO8P+. The number of unbranched alkanes of at least 4 members (excludes halogenated alkanes) is 40. The van der Waals surface area contributed by atoms with Crippen molar-refractivity contribution in [3.63, 3.8) is 0 Å². The molecule has 9 nitrogen and oxygen atoms in total. The van der Waals surface area contributed by atoms with Crippen molar-refractivity contribution in [2.75, 3.05) is 47.5 Å². The van der Waals surface area contributed by atoms with Crippen LogP contribution in [0, 0.1) is 0 Å². The van der Waals surface area contributed by atoms with E-state index in [9.17, 15) is 19.0 Å². The molecule has 0 aliphatic carbocycles. The molecule has 0 aromatic rings. The number of hydrogen-bond donors (Lipinski definition) is 1. The Hall–Kier alpha value is -0.990. The summed E-state index contributed by atoms with van der Waals surface area (Å²) < 4.78 is 34.2. The van der Waals surface area contributed by atoms with Gasteiger partial charge in [-0.25, -0.2) is 4.57 Å². The van der Waals surface area contributed by atoms with Gasteiger partial charge in [0.1, 0.15) is 19.8 Å². The lowest BCUT2D eigenvalue weighted by molar-refractivity contribution is -0.870. The number of esters is 2. The van der Waals surface area contributed by atoms with Crippen LogP contribution in [-0.2, 0) is 32.7 Å². The summed E-state index contributed by atoms with van der Waals surface area (Å²) in [4.78, 5) is 35.1. The number of phosphoric acid groups is 1. The first kappa shape index (κ1) is 65.0. The van der Waals surface area contributed by atoms with E-state index in [0.29, 0.717) is 11.0 Å². The molecule has 0 fully saturated rings. The molecule has 394 valence electrons. The van der Waals surface area contributed by atoms with E-state index in [4.69, 9.17) is 18.5 Å². The van der Waals surface area contributed by atoms with Gasteiger partial charge in [-0.3, -0.25) is 18.6 Å². The molecule has 1 N–H and O–H groups in total. The molecule has 0 aromatic carbocycles. The van der Waals surface area contributed by atoms with Gasteiger partial charge in [-0.05, 0) is 12.8 Å². The number of hydrogen-bond acceptors (Lipinski definition) is 7. The highest BCUT2D eigenvalue weighted by Gasteiger charge is 2.27. The zero-order valence-corrected chi connectivity index (χ0v) is 45.6. The third-order valence-corrected chi connectivity index (χ3v) is 14.1. The van der Waals surface area contributed by atoms with Crippen LogP contribution in [0.5, 0.6) is 0 Å². The van der Waals surface area contributed by atoms with Crippen molar-refractivity contribution in [1.82, 2.24) is 0 Å². The number of carbonyl (C=O) groups is 2. The van der Waals surface area contributed by atoms with Crippen LogP contribution in [0.2, 0.25) is 0 Å². The maximum Gasteiger partial charge on any atom is 0.472 e. The maximum atomic E-state index is 12.7. The Balaban J connectivity index is 3.69. The Morgan fingerprint density at radius 2 is 0.682 bits per heavy atom. The van der Waals surface area contributed by atoms with E-state index in [0.717, 1.165) is 51.4 Å². The zero-order valence-electron chi connectivity index (χ0n) is 44.7. The Morgan fingerprint density at radius 1 is 0.409 bits per heavy atom. The number of carbonyl (C=O) groups excluding carboxylic acids is 2. The molecule has 66 heavy (non-hydrogen) atoms. The van der Waals surface area contributed by atoms with E-state index in [-0.39, 0.29) is 32.0 Å². The SMILES string of the molecule is CCCCCCCCCCCCCCCCCCCCCCCCCCCCCCCCCCCCCCCC(=O)OC(COC(=O)CCCCCCC)COP(=O)(O)OCC[N+](C)(C)C. The standard InChI is InChI=1S/C56H112NO8P/c1-6-8-10-12-13-14-15-16-17-18-19-20-21-22-23-24-25-26-27-28-29-30-31-32-33-34-35-36-37-38-39-40-41-42-43-45-47-49-56(59)65-54(52-62-55(58)48-46-44-11-9-7-2)53-64-66(60,61)63-51-50-57(3,4)5/h54H,6-53H2,1-5H3/p+1. The molecule has 2 atom stereocenters. The van der Waals surface area contributed by atoms with Crippen molar-refractivity contribution >= 4 is 19.8 Å². The Labute approximate surface area is 410 Å². The second-order valence-electron chi connectivity index (χ2n) is 21.0. The van der Waals surface area contributed by atoms with Crippen molar-refractivity contribution in [2.24, 2.45) is 0 Å². The van der Waals surface area contributed by atoms with Crippen LogP contribution in [0.15, 0.2) is 0 Å². The van der Waals surface area contributed by atoms with Gasteiger partial charge in [0, 0.05) is 12.8 Å². The average Bonchev–Trinajstić information content (AvgIpc) is 3.27. The van der Waals surface area contributed by atoms with E-state index < -0.39 is 26.5 Å². The molecule has 0 rings (SSSR count). The summed E-state index contributed by atoms with van der Waals surface area (Å²) in [5.41, 5.74) is 0. The Kier molecular flexibility index (Phi) is 48.3. The van der Waals surface area contributed by atoms with Gasteiger partial charge >= 0.3 is 19.8 Å². The van der Waals surface area contributed by atoms with E-state index in [2.05, 4.69) is 13.8 Å². The van der Waals surface area contributed by atoms with E-state index in [1.165, 1.54) is 218 Å². The minimum Gasteiger partial charge on any atom is -0.462 e. The van der Waals surface area contributed by atoms with Crippen LogP contribution in [0.4, 0.5) is 0 Å². The molecule has 0 radical (unpaired) electrons. The highest BCUT2D eigenvalue weighted by Crippen LogP contribution is 2.43. The first-order valence-electron chi connectivity index (χ1n) is 28.8. The van der Waals surface area contributed by atoms with Gasteiger partial charge in [0.2, 0.25) is 0 Å². The van der Waals surface area contributed by atoms with E-state index >= 15 is 0 Å². The molecule has 0 amide bonds. The topological polar surface area (TPSA) is 108 Å². The summed E-state index contributed by atoms with van der Waals surface area (Å²) >= 11 is 0. The minimum atomic E-state index is -4.36. The first-order chi connectivity index (χ1) is 32.0. The van der Waals surface area contributed by atoms with Gasteiger partial charge in [-0.15, -0.1) is 0 Å². The molecule has 0 bridgehead atoms. The summed E-state index contributed by atoms with van der Waals surface area (Å²) in [5, 5.41) is 0. The quantitative estimate of drug-likeness (QED) is 0.0278. The van der Waals surface area contributed by atoms with Crippen molar-refractivity contribution in [3.8, 4) is 0 Å². The molecule has 0 aromatic heterocycles. The fourth-order valence-electron chi connectivity index (χ4n) is 8.67. The predicted molar refractivity (Wildman–Crippen MR) is 280 cm³/mol. The number of quaternary nitrogens is 1. The highest BCUT2D eigenvalue weighted by molar-refractivity contribution is 7.47. The van der Waals surface area contributed by atoms with Crippen LogP contribution >= 0.6 is 7.82 Å². The lowest BCUT2D eigenvalue weighted by Gasteiger charge is -2.24. The second-order valence-corrected chi connectivity index (χ2v) is 22.5. The van der Waals surface area contributed by atoms with Gasteiger partial charge in [0.15, 0.2) is 6.10 Å². The molecule has 0 aliphatic rings. The monoisotopic (exact) mass is 959 g/mol. The third kappa shape index (κ3) is 52.4.